The van der Waals surface area contributed by atoms with Gasteiger partial charge in [0.05, 0.1) is 0 Å². The van der Waals surface area contributed by atoms with Gasteiger partial charge < -0.3 is 15.6 Å². The molecule has 3 rings (SSSR count). The highest BCUT2D eigenvalue weighted by atomic mass is 16.2. The van der Waals surface area contributed by atoms with Crippen LogP contribution in [0.25, 0.3) is 0 Å². The first-order valence-electron chi connectivity index (χ1n) is 9.12. The van der Waals surface area contributed by atoms with Crippen molar-refractivity contribution in [3.8, 4) is 0 Å². The van der Waals surface area contributed by atoms with E-state index in [9.17, 15) is 9.59 Å². The lowest BCUT2D eigenvalue weighted by Gasteiger charge is -2.32. The molecule has 1 saturated carbocycles. The molecule has 1 fully saturated rings. The fourth-order valence-corrected chi connectivity index (χ4v) is 3.28. The van der Waals surface area contributed by atoms with Crippen molar-refractivity contribution in [2.24, 2.45) is 0 Å². The Morgan fingerprint density at radius 3 is 2.19 bits per heavy atom. The molecule has 2 aromatic heterocycles. The molecule has 0 saturated heterocycles. The van der Waals surface area contributed by atoms with Crippen LogP contribution in [0.4, 0.5) is 0 Å². The van der Waals surface area contributed by atoms with Crippen molar-refractivity contribution in [1.82, 2.24) is 35.8 Å². The molecular weight excluding hydrogens is 334 g/mol. The summed E-state index contributed by atoms with van der Waals surface area (Å²) in [5.41, 5.74) is 0. The summed E-state index contributed by atoms with van der Waals surface area (Å²) in [4.78, 5) is 35.6. The largest absolute Gasteiger partial charge is 0.351 e. The van der Waals surface area contributed by atoms with E-state index < -0.39 is 0 Å². The first-order valence-corrected chi connectivity index (χ1v) is 9.12. The Bertz CT molecular complexity index is 624. The average Bonchev–Trinajstić information content (AvgIpc) is 3.34. The maximum atomic E-state index is 12.2. The second-order valence-corrected chi connectivity index (χ2v) is 6.60. The van der Waals surface area contributed by atoms with Gasteiger partial charge in [-0.05, 0) is 12.8 Å². The number of carbonyl (C=O) groups is 2. The Morgan fingerprint density at radius 2 is 1.65 bits per heavy atom. The van der Waals surface area contributed by atoms with E-state index in [0.717, 1.165) is 31.5 Å². The summed E-state index contributed by atoms with van der Waals surface area (Å²) in [6, 6.07) is -0.0272. The van der Waals surface area contributed by atoms with E-state index in [1.165, 1.54) is 6.33 Å². The Kier molecular flexibility index (Phi) is 6.34. The molecule has 2 aromatic rings. The lowest BCUT2D eigenvalue weighted by Crippen LogP contribution is -2.53. The lowest BCUT2D eigenvalue weighted by molar-refractivity contribution is -0.125. The fraction of sp³-hybridized carbons (Fsp3) is 0.588. The topological polar surface area (TPSA) is 128 Å². The first-order chi connectivity index (χ1) is 12.7. The van der Waals surface area contributed by atoms with Gasteiger partial charge in [-0.25, -0.2) is 9.97 Å². The van der Waals surface area contributed by atoms with Crippen LogP contribution in [-0.2, 0) is 22.4 Å². The third-order valence-corrected chi connectivity index (χ3v) is 4.66. The van der Waals surface area contributed by atoms with Crippen molar-refractivity contribution in [1.29, 1.82) is 0 Å². The van der Waals surface area contributed by atoms with Crippen molar-refractivity contribution in [2.45, 2.75) is 63.5 Å². The predicted molar refractivity (Wildman–Crippen MR) is 93.9 cm³/mol. The maximum Gasteiger partial charge on any atom is 0.220 e. The van der Waals surface area contributed by atoms with Crippen LogP contribution in [-0.4, -0.2) is 49.0 Å². The number of rotatable bonds is 8. The van der Waals surface area contributed by atoms with Crippen LogP contribution in [0, 0.1) is 0 Å². The molecule has 0 bridgehead atoms. The van der Waals surface area contributed by atoms with Gasteiger partial charge in [-0.3, -0.25) is 14.7 Å². The van der Waals surface area contributed by atoms with Gasteiger partial charge in [0.2, 0.25) is 11.8 Å². The number of aromatic amines is 2. The van der Waals surface area contributed by atoms with Crippen molar-refractivity contribution < 1.29 is 9.59 Å². The van der Waals surface area contributed by atoms with Gasteiger partial charge in [-0.2, -0.15) is 5.10 Å². The normalized spacial score (nSPS) is 19.8. The minimum atomic E-state index is -0.0249. The quantitative estimate of drug-likeness (QED) is 0.550. The second-order valence-electron chi connectivity index (χ2n) is 6.60. The summed E-state index contributed by atoms with van der Waals surface area (Å²) in [5, 5.41) is 12.7. The summed E-state index contributed by atoms with van der Waals surface area (Å²) in [6.45, 7) is 0. The standard InChI is InChI=1S/C17H25N7O2/c25-16(7-5-14-18-9-10-19-14)22-12-3-1-2-4-13(12)23-17(26)8-6-15-20-11-21-24-15/h9-13H,1-8H2,(H,18,19)(H,22,25)(H,23,26)(H,20,21,24)/t12-,13-/m1/s1. The third kappa shape index (κ3) is 5.40. The van der Waals surface area contributed by atoms with E-state index in [0.29, 0.717) is 31.5 Å². The van der Waals surface area contributed by atoms with Crippen LogP contribution < -0.4 is 10.6 Å². The number of imidazole rings is 1. The van der Waals surface area contributed by atoms with Crippen LogP contribution >= 0.6 is 0 Å². The van der Waals surface area contributed by atoms with E-state index in [1.807, 2.05) is 0 Å². The van der Waals surface area contributed by atoms with Crippen LogP contribution in [0.2, 0.25) is 0 Å². The van der Waals surface area contributed by atoms with E-state index in [2.05, 4.69) is 35.8 Å². The highest BCUT2D eigenvalue weighted by molar-refractivity contribution is 5.78. The number of amides is 2. The molecule has 2 heterocycles. The van der Waals surface area contributed by atoms with Crippen LogP contribution in [0.15, 0.2) is 18.7 Å². The molecule has 9 heteroatoms. The molecule has 4 N–H and O–H groups in total. The zero-order valence-corrected chi connectivity index (χ0v) is 14.7. The number of carbonyl (C=O) groups excluding carboxylic acids is 2. The van der Waals surface area contributed by atoms with Gasteiger partial charge in [-0.1, -0.05) is 12.8 Å². The Hall–Kier alpha value is -2.71. The van der Waals surface area contributed by atoms with E-state index in [4.69, 9.17) is 0 Å². The second kappa shape index (κ2) is 9.12. The summed E-state index contributed by atoms with van der Waals surface area (Å²) < 4.78 is 0. The Labute approximate surface area is 151 Å². The Balaban J connectivity index is 1.44. The monoisotopic (exact) mass is 359 g/mol. The molecule has 2 amide bonds. The summed E-state index contributed by atoms with van der Waals surface area (Å²) in [7, 11) is 0. The van der Waals surface area contributed by atoms with Gasteiger partial charge in [0.1, 0.15) is 18.0 Å². The van der Waals surface area contributed by atoms with Crippen LogP contribution in [0.3, 0.4) is 0 Å². The number of H-pyrrole nitrogens is 2. The molecule has 26 heavy (non-hydrogen) atoms. The van der Waals surface area contributed by atoms with Gasteiger partial charge >= 0.3 is 0 Å². The molecule has 1 aliphatic rings. The van der Waals surface area contributed by atoms with Gasteiger partial charge in [0, 0.05) is 50.2 Å². The number of hydrogen-bond acceptors (Lipinski definition) is 5. The molecule has 0 unspecified atom stereocenters. The Morgan fingerprint density at radius 1 is 1.00 bits per heavy atom. The van der Waals surface area contributed by atoms with E-state index in [-0.39, 0.29) is 23.9 Å². The number of aromatic nitrogens is 5. The lowest BCUT2D eigenvalue weighted by atomic mass is 9.90. The number of hydrogen-bond donors (Lipinski definition) is 4. The maximum absolute atomic E-state index is 12.2. The molecule has 0 radical (unpaired) electrons. The van der Waals surface area contributed by atoms with Crippen molar-refractivity contribution in [2.75, 3.05) is 0 Å². The van der Waals surface area contributed by atoms with Gasteiger partial charge in [0.15, 0.2) is 0 Å². The van der Waals surface area contributed by atoms with Crippen LogP contribution in [0.1, 0.15) is 50.2 Å². The SMILES string of the molecule is O=C(CCc1ncc[nH]1)N[C@@H]1CCCC[C@H]1NC(=O)CCc1ncn[nH]1. The number of nitrogens with one attached hydrogen (secondary N) is 4. The molecule has 9 nitrogen and oxygen atoms in total. The predicted octanol–water partition coefficient (Wildman–Crippen LogP) is 0.637. The minimum absolute atomic E-state index is 0.00536. The molecular formula is C17H25N7O2. The smallest absolute Gasteiger partial charge is 0.220 e. The zero-order valence-electron chi connectivity index (χ0n) is 14.7. The fourth-order valence-electron chi connectivity index (χ4n) is 3.28. The van der Waals surface area contributed by atoms with Crippen molar-refractivity contribution in [3.63, 3.8) is 0 Å². The van der Waals surface area contributed by atoms with Gasteiger partial charge in [0.25, 0.3) is 0 Å². The summed E-state index contributed by atoms with van der Waals surface area (Å²) >= 11 is 0. The highest BCUT2D eigenvalue weighted by Crippen LogP contribution is 2.19. The molecule has 2 atom stereocenters. The van der Waals surface area contributed by atoms with Crippen molar-refractivity contribution in [3.05, 3.63) is 30.4 Å². The average molecular weight is 359 g/mol. The summed E-state index contributed by atoms with van der Waals surface area (Å²) in [5.74, 6) is 1.48. The minimum Gasteiger partial charge on any atom is -0.351 e. The van der Waals surface area contributed by atoms with E-state index in [1.54, 1.807) is 12.4 Å². The molecule has 1 aliphatic carbocycles. The van der Waals surface area contributed by atoms with Crippen LogP contribution in [0.5, 0.6) is 0 Å². The molecule has 0 spiro atoms. The third-order valence-electron chi connectivity index (χ3n) is 4.66. The number of aryl methyl sites for hydroxylation is 2. The summed E-state index contributed by atoms with van der Waals surface area (Å²) in [6.07, 6.45) is 10.6. The first kappa shape index (κ1) is 18.1. The molecule has 0 aromatic carbocycles. The molecule has 0 aliphatic heterocycles. The van der Waals surface area contributed by atoms with E-state index >= 15 is 0 Å². The highest BCUT2D eigenvalue weighted by Gasteiger charge is 2.27. The van der Waals surface area contributed by atoms with Gasteiger partial charge in [-0.15, -0.1) is 0 Å². The van der Waals surface area contributed by atoms with Crippen molar-refractivity contribution >= 4 is 11.8 Å². The molecule has 140 valence electrons. The zero-order chi connectivity index (χ0) is 18.2. The number of nitrogens with zero attached hydrogens (tertiary/aromatic N) is 3.